The van der Waals surface area contributed by atoms with Crippen molar-refractivity contribution >= 4 is 27.8 Å². The molecule has 4 rings (SSSR count). The molecular formula is C18H18N2O2. The number of fused-ring (bicyclic) bond motifs is 3. The summed E-state index contributed by atoms with van der Waals surface area (Å²) in [4.78, 5) is 13.7. The number of benzene rings is 2. The van der Waals surface area contributed by atoms with E-state index in [0.717, 1.165) is 30.4 Å². The molecule has 3 aromatic rings. The van der Waals surface area contributed by atoms with Crippen LogP contribution < -0.4 is 0 Å². The molecule has 1 saturated heterocycles. The Morgan fingerprint density at radius 1 is 1.14 bits per heavy atom. The second-order valence-electron chi connectivity index (χ2n) is 6.13. The van der Waals surface area contributed by atoms with E-state index in [1.54, 1.807) is 6.07 Å². The number of likely N-dealkylation sites (N-methyl/N-ethyl adjacent to an activating group) is 1. The monoisotopic (exact) mass is 294 g/mol. The molecule has 0 saturated carbocycles. The highest BCUT2D eigenvalue weighted by Crippen LogP contribution is 2.35. The number of hydrogen-bond acceptors (Lipinski definition) is 2. The predicted molar refractivity (Wildman–Crippen MR) is 87.6 cm³/mol. The number of aromatic carboxylic acids is 1. The molecule has 1 aliphatic heterocycles. The maximum atomic E-state index is 11.3. The van der Waals surface area contributed by atoms with Crippen LogP contribution >= 0.6 is 0 Å². The van der Waals surface area contributed by atoms with Crippen molar-refractivity contribution < 1.29 is 9.90 Å². The summed E-state index contributed by atoms with van der Waals surface area (Å²) in [7, 11) is 2.14. The van der Waals surface area contributed by atoms with Crippen LogP contribution in [0.1, 0.15) is 22.8 Å². The van der Waals surface area contributed by atoms with Crippen LogP contribution in [-0.4, -0.2) is 40.7 Å². The Hall–Kier alpha value is -2.33. The molecule has 4 heteroatoms. The van der Waals surface area contributed by atoms with Gasteiger partial charge in [-0.05, 0) is 38.2 Å². The first kappa shape index (κ1) is 13.3. The molecule has 0 radical (unpaired) electrons. The number of carboxylic acids is 1. The van der Waals surface area contributed by atoms with Gasteiger partial charge in [0.05, 0.1) is 11.1 Å². The third kappa shape index (κ3) is 1.91. The van der Waals surface area contributed by atoms with Gasteiger partial charge in [0, 0.05) is 28.9 Å². The van der Waals surface area contributed by atoms with Crippen LogP contribution in [0.4, 0.5) is 0 Å². The summed E-state index contributed by atoms with van der Waals surface area (Å²) >= 11 is 0. The maximum absolute atomic E-state index is 11.3. The van der Waals surface area contributed by atoms with E-state index < -0.39 is 5.97 Å². The highest BCUT2D eigenvalue weighted by atomic mass is 16.4. The van der Waals surface area contributed by atoms with E-state index in [1.807, 2.05) is 18.2 Å². The summed E-state index contributed by atoms with van der Waals surface area (Å²) in [5, 5.41) is 11.6. The van der Waals surface area contributed by atoms with Gasteiger partial charge in [0.15, 0.2) is 0 Å². The van der Waals surface area contributed by atoms with E-state index in [9.17, 15) is 9.90 Å². The Morgan fingerprint density at radius 2 is 1.91 bits per heavy atom. The summed E-state index contributed by atoms with van der Waals surface area (Å²) in [6.07, 6.45) is 1.10. The van der Waals surface area contributed by atoms with Gasteiger partial charge in [0.2, 0.25) is 0 Å². The number of nitrogens with zero attached hydrogens (tertiary/aromatic N) is 2. The zero-order valence-electron chi connectivity index (χ0n) is 12.5. The van der Waals surface area contributed by atoms with Gasteiger partial charge in [-0.1, -0.05) is 24.3 Å². The van der Waals surface area contributed by atoms with Crippen molar-refractivity contribution in [3.8, 4) is 0 Å². The molecule has 0 unspecified atom stereocenters. The molecule has 0 bridgehead atoms. The second kappa shape index (κ2) is 4.85. The summed E-state index contributed by atoms with van der Waals surface area (Å²) in [5.74, 6) is -0.873. The maximum Gasteiger partial charge on any atom is 0.335 e. The fourth-order valence-electron chi connectivity index (χ4n) is 3.65. The van der Waals surface area contributed by atoms with Crippen molar-refractivity contribution in [2.24, 2.45) is 0 Å². The Kier molecular flexibility index (Phi) is 2.94. The normalized spacial score (nSPS) is 19.2. The number of aromatic nitrogens is 1. The van der Waals surface area contributed by atoms with E-state index in [2.05, 4.69) is 34.7 Å². The Morgan fingerprint density at radius 3 is 2.64 bits per heavy atom. The van der Waals surface area contributed by atoms with E-state index in [-0.39, 0.29) is 0 Å². The zero-order chi connectivity index (χ0) is 15.3. The zero-order valence-corrected chi connectivity index (χ0v) is 12.5. The average Bonchev–Trinajstić information content (AvgIpc) is 3.07. The molecule has 1 fully saturated rings. The van der Waals surface area contributed by atoms with Crippen LogP contribution in [0.2, 0.25) is 0 Å². The average molecular weight is 294 g/mol. The molecule has 1 aliphatic rings. The molecule has 1 aromatic heterocycles. The summed E-state index contributed by atoms with van der Waals surface area (Å²) in [5.41, 5.74) is 2.57. The third-order valence-electron chi connectivity index (χ3n) is 4.69. The van der Waals surface area contributed by atoms with E-state index in [4.69, 9.17) is 0 Å². The van der Waals surface area contributed by atoms with E-state index in [1.165, 1.54) is 10.9 Å². The molecule has 2 heterocycles. The van der Waals surface area contributed by atoms with Crippen LogP contribution in [0.5, 0.6) is 0 Å². The molecular weight excluding hydrogens is 276 g/mol. The highest BCUT2D eigenvalue weighted by molar-refractivity contribution is 6.09. The van der Waals surface area contributed by atoms with E-state index in [0.29, 0.717) is 11.6 Å². The van der Waals surface area contributed by atoms with Gasteiger partial charge in [0.1, 0.15) is 0 Å². The first-order valence-electron chi connectivity index (χ1n) is 7.59. The van der Waals surface area contributed by atoms with Crippen molar-refractivity contribution in [2.45, 2.75) is 12.5 Å². The number of carbonyl (C=O) groups is 1. The largest absolute Gasteiger partial charge is 0.478 e. The predicted octanol–water partition coefficient (Wildman–Crippen LogP) is 3.37. The van der Waals surface area contributed by atoms with Crippen molar-refractivity contribution in [1.29, 1.82) is 0 Å². The van der Waals surface area contributed by atoms with Crippen molar-refractivity contribution in [1.82, 2.24) is 9.47 Å². The van der Waals surface area contributed by atoms with Crippen LogP contribution in [0, 0.1) is 0 Å². The van der Waals surface area contributed by atoms with Gasteiger partial charge in [-0.2, -0.15) is 0 Å². The molecule has 0 amide bonds. The number of hydrogen-bond donors (Lipinski definition) is 1. The van der Waals surface area contributed by atoms with Crippen LogP contribution in [-0.2, 0) is 0 Å². The standard InChI is InChI=1S/C18H18N2O2/c1-19-9-8-13(11-19)20-16-5-3-2-4-14(16)15-7-6-12(18(21)22)10-17(15)20/h2-7,10,13H,8-9,11H2,1H3,(H,21,22)/t13-/m0/s1. The lowest BCUT2D eigenvalue weighted by Crippen LogP contribution is -2.16. The molecule has 0 spiro atoms. The fraction of sp³-hybridized carbons (Fsp3) is 0.278. The topological polar surface area (TPSA) is 45.5 Å². The van der Waals surface area contributed by atoms with Crippen LogP contribution in [0.3, 0.4) is 0 Å². The first-order valence-corrected chi connectivity index (χ1v) is 7.59. The Bertz CT molecular complexity index is 881. The lowest BCUT2D eigenvalue weighted by atomic mass is 10.1. The minimum Gasteiger partial charge on any atom is -0.478 e. The molecule has 1 N–H and O–H groups in total. The Balaban J connectivity index is 2.04. The molecule has 2 aromatic carbocycles. The lowest BCUT2D eigenvalue weighted by molar-refractivity contribution is 0.0697. The van der Waals surface area contributed by atoms with Gasteiger partial charge in [0.25, 0.3) is 0 Å². The highest BCUT2D eigenvalue weighted by Gasteiger charge is 2.24. The minimum atomic E-state index is -0.873. The first-order chi connectivity index (χ1) is 10.6. The van der Waals surface area contributed by atoms with Crippen LogP contribution in [0.25, 0.3) is 21.8 Å². The summed E-state index contributed by atoms with van der Waals surface area (Å²) < 4.78 is 2.33. The second-order valence-corrected chi connectivity index (χ2v) is 6.13. The molecule has 22 heavy (non-hydrogen) atoms. The molecule has 112 valence electrons. The minimum absolute atomic E-state index is 0.350. The summed E-state index contributed by atoms with van der Waals surface area (Å²) in [6, 6.07) is 14.2. The van der Waals surface area contributed by atoms with Gasteiger partial charge in [-0.25, -0.2) is 4.79 Å². The van der Waals surface area contributed by atoms with Gasteiger partial charge in [-0.3, -0.25) is 0 Å². The van der Waals surface area contributed by atoms with Crippen molar-refractivity contribution in [3.63, 3.8) is 0 Å². The number of carboxylic acid groups (broad SMARTS) is 1. The van der Waals surface area contributed by atoms with Crippen LogP contribution in [0.15, 0.2) is 42.5 Å². The smallest absolute Gasteiger partial charge is 0.335 e. The third-order valence-corrected chi connectivity index (χ3v) is 4.69. The van der Waals surface area contributed by atoms with Gasteiger partial charge < -0.3 is 14.6 Å². The van der Waals surface area contributed by atoms with Gasteiger partial charge >= 0.3 is 5.97 Å². The van der Waals surface area contributed by atoms with Crippen molar-refractivity contribution in [2.75, 3.05) is 20.1 Å². The molecule has 1 atom stereocenters. The quantitative estimate of drug-likeness (QED) is 0.788. The van der Waals surface area contributed by atoms with E-state index >= 15 is 0 Å². The number of para-hydroxylation sites is 1. The van der Waals surface area contributed by atoms with Crippen molar-refractivity contribution in [3.05, 3.63) is 48.0 Å². The SMILES string of the molecule is CN1CC[C@H](n2c3ccccc3c3ccc(C(=O)O)cc32)C1. The lowest BCUT2D eigenvalue weighted by Gasteiger charge is -2.16. The fourth-order valence-corrected chi connectivity index (χ4v) is 3.65. The molecule has 4 nitrogen and oxygen atoms in total. The number of rotatable bonds is 2. The van der Waals surface area contributed by atoms with Gasteiger partial charge in [-0.15, -0.1) is 0 Å². The Labute approximate surface area is 128 Å². The number of likely N-dealkylation sites (tertiary alicyclic amines) is 1. The molecule has 0 aliphatic carbocycles. The summed E-state index contributed by atoms with van der Waals surface area (Å²) in [6.45, 7) is 2.09.